The number of carbonyl (C=O) groups is 4. The number of carbonyl (C=O) groups excluding carboxylic acids is 1. The maximum absolute atomic E-state index is 12.8. The number of nitrogens with zero attached hydrogens (tertiary/aromatic N) is 1. The van der Waals surface area contributed by atoms with Crippen molar-refractivity contribution in [2.75, 3.05) is 0 Å². The Bertz CT molecular complexity index is 1030. The Kier molecular flexibility index (Phi) is 4.15. The number of hydrogen-bond donors (Lipinski definition) is 3. The van der Waals surface area contributed by atoms with Crippen molar-refractivity contribution in [1.82, 2.24) is 4.57 Å². The Hall–Kier alpha value is -2.98. The van der Waals surface area contributed by atoms with Crippen LogP contribution < -0.4 is 0 Å². The zero-order chi connectivity index (χ0) is 18.3. The number of hydrogen-bond acceptors (Lipinski definition) is 6. The summed E-state index contributed by atoms with van der Waals surface area (Å²) in [6.45, 7) is -0.703. The van der Waals surface area contributed by atoms with E-state index in [1.54, 1.807) is 11.4 Å². The molecule has 10 heteroatoms. The maximum atomic E-state index is 12.8. The van der Waals surface area contributed by atoms with Crippen LogP contribution in [0.5, 0.6) is 0 Å². The van der Waals surface area contributed by atoms with Gasteiger partial charge in [-0.25, -0.2) is 9.59 Å². The molecule has 0 aliphatic heterocycles. The summed E-state index contributed by atoms with van der Waals surface area (Å²) in [6, 6.07) is 4.33. The van der Waals surface area contributed by atoms with Crippen LogP contribution in [-0.4, -0.2) is 43.6 Å². The van der Waals surface area contributed by atoms with Crippen LogP contribution in [0.15, 0.2) is 23.6 Å². The molecule has 0 saturated heterocycles. The zero-order valence-corrected chi connectivity index (χ0v) is 13.9. The summed E-state index contributed by atoms with van der Waals surface area (Å²) >= 11 is 1.86. The lowest BCUT2D eigenvalue weighted by atomic mass is 10.1. The first-order chi connectivity index (χ1) is 11.8. The number of rotatable bonds is 6. The van der Waals surface area contributed by atoms with E-state index in [0.29, 0.717) is 0 Å². The van der Waals surface area contributed by atoms with Crippen LogP contribution in [0.2, 0.25) is 0 Å². The fourth-order valence-corrected chi connectivity index (χ4v) is 4.21. The van der Waals surface area contributed by atoms with Gasteiger partial charge < -0.3 is 19.9 Å². The van der Waals surface area contributed by atoms with Crippen LogP contribution in [-0.2, 0) is 11.3 Å². The zero-order valence-electron chi connectivity index (χ0n) is 12.3. The molecule has 0 amide bonds. The Balaban J connectivity index is 2.37. The standard InChI is InChI=1S/C15H9NO7S2/c17-9(18)5-16-6-4-8(14(20)21)25-13(6)10(11(16)15(22)23)12(19)7-2-1-3-24-7/h1-4H,5H2,(H,17,18)(H,20,21)(H,22,23). The molecule has 128 valence electrons. The number of ketones is 1. The minimum atomic E-state index is -1.46. The molecule has 0 aliphatic rings. The molecule has 3 aromatic rings. The predicted molar refractivity (Wildman–Crippen MR) is 89.1 cm³/mol. The van der Waals surface area contributed by atoms with Crippen molar-refractivity contribution in [3.8, 4) is 0 Å². The summed E-state index contributed by atoms with van der Waals surface area (Å²) in [5, 5.41) is 29.4. The summed E-state index contributed by atoms with van der Waals surface area (Å²) in [7, 11) is 0. The van der Waals surface area contributed by atoms with Gasteiger partial charge in [-0.1, -0.05) is 6.07 Å². The lowest BCUT2D eigenvalue weighted by Gasteiger charge is -2.05. The third-order valence-corrected chi connectivity index (χ3v) is 5.41. The first-order valence-electron chi connectivity index (χ1n) is 6.74. The van der Waals surface area contributed by atoms with Gasteiger partial charge in [0.2, 0.25) is 5.78 Å². The summed E-state index contributed by atoms with van der Waals surface area (Å²) in [4.78, 5) is 47.0. The molecule has 0 radical (unpaired) electrons. The molecule has 0 unspecified atom stereocenters. The van der Waals surface area contributed by atoms with E-state index in [1.165, 1.54) is 12.1 Å². The van der Waals surface area contributed by atoms with Crippen LogP contribution >= 0.6 is 22.7 Å². The van der Waals surface area contributed by atoms with Crippen molar-refractivity contribution in [3.63, 3.8) is 0 Å². The summed E-state index contributed by atoms with van der Waals surface area (Å²) in [5.41, 5.74) is -0.551. The van der Waals surface area contributed by atoms with Gasteiger partial charge in [-0.05, 0) is 17.5 Å². The van der Waals surface area contributed by atoms with Gasteiger partial charge in [0.25, 0.3) is 0 Å². The van der Waals surface area contributed by atoms with Crippen LogP contribution in [0.3, 0.4) is 0 Å². The highest BCUT2D eigenvalue weighted by Gasteiger charge is 2.31. The molecule has 0 aliphatic carbocycles. The molecule has 0 saturated carbocycles. The van der Waals surface area contributed by atoms with E-state index < -0.39 is 35.9 Å². The first kappa shape index (κ1) is 16.9. The molecule has 3 rings (SSSR count). The normalized spacial score (nSPS) is 10.9. The Labute approximate surface area is 147 Å². The van der Waals surface area contributed by atoms with Crippen molar-refractivity contribution in [3.05, 3.63) is 44.6 Å². The highest BCUT2D eigenvalue weighted by atomic mass is 32.1. The van der Waals surface area contributed by atoms with Crippen molar-refractivity contribution in [1.29, 1.82) is 0 Å². The lowest BCUT2D eigenvalue weighted by molar-refractivity contribution is -0.137. The van der Waals surface area contributed by atoms with Gasteiger partial charge in [0.15, 0.2) is 0 Å². The molecule has 3 N–H and O–H groups in total. The number of thiophene rings is 2. The maximum Gasteiger partial charge on any atom is 0.353 e. The highest BCUT2D eigenvalue weighted by molar-refractivity contribution is 7.21. The number of aliphatic carboxylic acids is 1. The van der Waals surface area contributed by atoms with Gasteiger partial charge in [0.05, 0.1) is 20.7 Å². The van der Waals surface area contributed by atoms with Crippen LogP contribution in [0, 0.1) is 0 Å². The monoisotopic (exact) mass is 379 g/mol. The summed E-state index contributed by atoms with van der Waals surface area (Å²) < 4.78 is 1.10. The second-order valence-electron chi connectivity index (χ2n) is 4.95. The molecule has 25 heavy (non-hydrogen) atoms. The lowest BCUT2D eigenvalue weighted by Crippen LogP contribution is -2.17. The predicted octanol–water partition coefficient (Wildman–Crippen LogP) is 2.48. The number of aromatic nitrogens is 1. The van der Waals surface area contributed by atoms with Gasteiger partial charge in [-0.15, -0.1) is 22.7 Å². The van der Waals surface area contributed by atoms with Gasteiger partial charge in [0.1, 0.15) is 17.1 Å². The largest absolute Gasteiger partial charge is 0.480 e. The van der Waals surface area contributed by atoms with Crippen molar-refractivity contribution >= 4 is 56.6 Å². The quantitative estimate of drug-likeness (QED) is 0.560. The minimum absolute atomic E-state index is 0.0992. The van der Waals surface area contributed by atoms with Gasteiger partial charge in [-0.2, -0.15) is 0 Å². The van der Waals surface area contributed by atoms with E-state index in [1.807, 2.05) is 0 Å². The van der Waals surface area contributed by atoms with Crippen LogP contribution in [0.1, 0.15) is 35.4 Å². The highest BCUT2D eigenvalue weighted by Crippen LogP contribution is 2.36. The second kappa shape index (κ2) is 6.15. The molecule has 3 heterocycles. The summed E-state index contributed by atoms with van der Waals surface area (Å²) in [6.07, 6.45) is 0. The third kappa shape index (κ3) is 2.81. The van der Waals surface area contributed by atoms with E-state index >= 15 is 0 Å². The molecule has 0 aromatic carbocycles. The first-order valence-corrected chi connectivity index (χ1v) is 8.43. The van der Waals surface area contributed by atoms with E-state index in [4.69, 9.17) is 10.2 Å². The molecule has 0 fully saturated rings. The third-order valence-electron chi connectivity index (χ3n) is 3.42. The van der Waals surface area contributed by atoms with Gasteiger partial charge >= 0.3 is 17.9 Å². The van der Waals surface area contributed by atoms with E-state index in [-0.39, 0.29) is 25.5 Å². The van der Waals surface area contributed by atoms with Gasteiger partial charge in [-0.3, -0.25) is 9.59 Å². The molecular formula is C15H9NO7S2. The molecule has 0 atom stereocenters. The van der Waals surface area contributed by atoms with E-state index in [2.05, 4.69) is 0 Å². The average Bonchev–Trinajstić information content (AvgIpc) is 3.22. The Morgan fingerprint density at radius 2 is 1.76 bits per heavy atom. The van der Waals surface area contributed by atoms with Gasteiger partial charge in [0, 0.05) is 0 Å². The summed E-state index contributed by atoms with van der Waals surface area (Å²) in [5.74, 6) is -4.59. The number of carboxylic acid groups (broad SMARTS) is 3. The van der Waals surface area contributed by atoms with E-state index in [0.717, 1.165) is 27.2 Å². The fraction of sp³-hybridized carbons (Fsp3) is 0.0667. The Morgan fingerprint density at radius 1 is 1.04 bits per heavy atom. The molecule has 0 bridgehead atoms. The SMILES string of the molecule is O=C(O)Cn1c(C(=O)O)c(C(=O)c2cccs2)c2sc(C(=O)O)cc21. The average molecular weight is 379 g/mol. The second-order valence-corrected chi connectivity index (χ2v) is 6.95. The minimum Gasteiger partial charge on any atom is -0.480 e. The smallest absolute Gasteiger partial charge is 0.353 e. The van der Waals surface area contributed by atoms with Crippen LogP contribution in [0.4, 0.5) is 0 Å². The number of fused-ring (bicyclic) bond motifs is 1. The van der Waals surface area contributed by atoms with Crippen molar-refractivity contribution in [2.24, 2.45) is 0 Å². The molecular weight excluding hydrogens is 370 g/mol. The molecule has 8 nitrogen and oxygen atoms in total. The molecule has 3 aromatic heterocycles. The molecule has 0 spiro atoms. The number of carboxylic acids is 3. The fourth-order valence-electron chi connectivity index (χ4n) is 2.49. The Morgan fingerprint density at radius 3 is 2.28 bits per heavy atom. The van der Waals surface area contributed by atoms with Crippen molar-refractivity contribution < 1.29 is 34.5 Å². The topological polar surface area (TPSA) is 134 Å². The van der Waals surface area contributed by atoms with Crippen molar-refractivity contribution in [2.45, 2.75) is 6.54 Å². The van der Waals surface area contributed by atoms with Crippen LogP contribution in [0.25, 0.3) is 10.2 Å². The van der Waals surface area contributed by atoms with E-state index in [9.17, 15) is 24.3 Å². The number of aromatic carboxylic acids is 2.